The van der Waals surface area contributed by atoms with Crippen molar-refractivity contribution in [2.75, 3.05) is 4.90 Å². The maximum Gasteiger partial charge on any atom is 0.311 e. The number of nitrogens with zero attached hydrogens (tertiary/aromatic N) is 1. The number of rotatable bonds is 8. The van der Waals surface area contributed by atoms with E-state index in [1.807, 2.05) is 0 Å². The Labute approximate surface area is 166 Å². The number of carbonyl (C=O) groups is 3. The Kier molecular flexibility index (Phi) is 5.51. The molecule has 2 aliphatic carbocycles. The minimum absolute atomic E-state index is 0.0426. The number of benzene rings is 1. The number of ether oxygens (including phenoxy) is 1. The molecular formula is C23H29NO4. The summed E-state index contributed by atoms with van der Waals surface area (Å²) in [4.78, 5) is 39.0. The fourth-order valence-corrected chi connectivity index (χ4v) is 5.38. The van der Waals surface area contributed by atoms with Crippen LogP contribution in [0.25, 0.3) is 0 Å². The van der Waals surface area contributed by atoms with E-state index in [2.05, 4.69) is 6.92 Å². The van der Waals surface area contributed by atoms with Crippen LogP contribution in [0, 0.1) is 23.7 Å². The smallest absolute Gasteiger partial charge is 0.311 e. The summed E-state index contributed by atoms with van der Waals surface area (Å²) in [6, 6.07) is 6.77. The average molecular weight is 383 g/mol. The third-order valence-electron chi connectivity index (χ3n) is 6.74. The van der Waals surface area contributed by atoms with Gasteiger partial charge in [0, 0.05) is 6.42 Å². The first-order chi connectivity index (χ1) is 13.6. The predicted molar refractivity (Wildman–Crippen MR) is 106 cm³/mol. The van der Waals surface area contributed by atoms with Crippen LogP contribution < -0.4 is 9.64 Å². The van der Waals surface area contributed by atoms with Crippen LogP contribution in [0.15, 0.2) is 24.3 Å². The van der Waals surface area contributed by atoms with Gasteiger partial charge in [0.25, 0.3) is 0 Å². The van der Waals surface area contributed by atoms with Crippen LogP contribution in [-0.2, 0) is 14.4 Å². The molecule has 5 nitrogen and oxygen atoms in total. The molecule has 3 fully saturated rings. The third kappa shape index (κ3) is 3.47. The molecule has 0 unspecified atom stereocenters. The second-order valence-corrected chi connectivity index (χ2v) is 8.53. The van der Waals surface area contributed by atoms with E-state index in [0.717, 1.165) is 38.5 Å². The molecule has 2 bridgehead atoms. The van der Waals surface area contributed by atoms with Gasteiger partial charge in [-0.1, -0.05) is 32.6 Å². The first-order valence-electron chi connectivity index (χ1n) is 10.8. The van der Waals surface area contributed by atoms with Crippen LogP contribution in [0.4, 0.5) is 5.69 Å². The highest BCUT2D eigenvalue weighted by Gasteiger charge is 2.61. The maximum atomic E-state index is 12.9. The quantitative estimate of drug-likeness (QED) is 0.287. The van der Waals surface area contributed by atoms with E-state index in [1.54, 1.807) is 24.3 Å². The number of anilines is 1. The van der Waals surface area contributed by atoms with Gasteiger partial charge in [0.15, 0.2) is 0 Å². The number of hydrogen-bond acceptors (Lipinski definition) is 4. The lowest BCUT2D eigenvalue weighted by molar-refractivity contribution is -0.134. The van der Waals surface area contributed by atoms with Crippen molar-refractivity contribution < 1.29 is 19.1 Å². The Morgan fingerprint density at radius 2 is 1.57 bits per heavy atom. The summed E-state index contributed by atoms with van der Waals surface area (Å²) in [5.41, 5.74) is 0.586. The van der Waals surface area contributed by atoms with Crippen molar-refractivity contribution in [3.05, 3.63) is 24.3 Å². The molecule has 1 saturated heterocycles. The summed E-state index contributed by atoms with van der Waals surface area (Å²) in [7, 11) is 0. The van der Waals surface area contributed by atoms with Crippen molar-refractivity contribution >= 4 is 23.5 Å². The van der Waals surface area contributed by atoms with Gasteiger partial charge in [-0.2, -0.15) is 0 Å². The maximum absolute atomic E-state index is 12.9. The van der Waals surface area contributed by atoms with E-state index in [-0.39, 0.29) is 29.6 Å². The molecule has 1 aliphatic heterocycles. The summed E-state index contributed by atoms with van der Waals surface area (Å²) in [6.07, 6.45) is 9.03. The minimum Gasteiger partial charge on any atom is -0.427 e. The average Bonchev–Trinajstić information content (AvgIpc) is 3.36. The van der Waals surface area contributed by atoms with Gasteiger partial charge in [-0.15, -0.1) is 0 Å². The van der Waals surface area contributed by atoms with Crippen LogP contribution in [0.2, 0.25) is 0 Å². The molecule has 150 valence electrons. The number of amides is 2. The Balaban J connectivity index is 1.34. The molecule has 0 radical (unpaired) electrons. The van der Waals surface area contributed by atoms with Crippen LogP contribution in [0.3, 0.4) is 0 Å². The number of unbranched alkanes of at least 4 members (excludes halogenated alkanes) is 4. The summed E-state index contributed by atoms with van der Waals surface area (Å²) in [6.45, 7) is 2.16. The van der Waals surface area contributed by atoms with Gasteiger partial charge in [0.1, 0.15) is 5.75 Å². The van der Waals surface area contributed by atoms with Gasteiger partial charge in [0.2, 0.25) is 11.8 Å². The molecule has 1 heterocycles. The molecule has 0 N–H and O–H groups in total. The van der Waals surface area contributed by atoms with Gasteiger partial charge < -0.3 is 4.74 Å². The van der Waals surface area contributed by atoms with E-state index in [1.165, 1.54) is 17.7 Å². The summed E-state index contributed by atoms with van der Waals surface area (Å²) in [5.74, 6) is 0.680. The summed E-state index contributed by atoms with van der Waals surface area (Å²) < 4.78 is 5.38. The zero-order chi connectivity index (χ0) is 19.7. The number of carbonyl (C=O) groups excluding carboxylic acids is 3. The lowest BCUT2D eigenvalue weighted by atomic mass is 9.81. The van der Waals surface area contributed by atoms with Crippen LogP contribution in [0.5, 0.6) is 5.75 Å². The largest absolute Gasteiger partial charge is 0.427 e. The molecule has 1 aromatic carbocycles. The Morgan fingerprint density at radius 1 is 0.964 bits per heavy atom. The van der Waals surface area contributed by atoms with E-state index in [9.17, 15) is 14.4 Å². The number of esters is 1. The first-order valence-corrected chi connectivity index (χ1v) is 10.8. The Morgan fingerprint density at radius 3 is 2.18 bits per heavy atom. The molecule has 3 aliphatic rings. The number of fused-ring (bicyclic) bond motifs is 5. The minimum atomic E-state index is -0.233. The lowest BCUT2D eigenvalue weighted by Gasteiger charge is -2.19. The van der Waals surface area contributed by atoms with Crippen LogP contribution >= 0.6 is 0 Å². The Hall–Kier alpha value is -2.17. The van der Waals surface area contributed by atoms with Gasteiger partial charge >= 0.3 is 5.97 Å². The molecule has 1 aromatic rings. The van der Waals surface area contributed by atoms with E-state index >= 15 is 0 Å². The number of hydrogen-bond donors (Lipinski definition) is 0. The highest BCUT2D eigenvalue weighted by molar-refractivity contribution is 6.22. The number of imide groups is 1. The normalized spacial score (nSPS) is 28.1. The summed E-state index contributed by atoms with van der Waals surface area (Å²) in [5, 5.41) is 0. The first kappa shape index (κ1) is 19.2. The van der Waals surface area contributed by atoms with Crippen molar-refractivity contribution in [2.24, 2.45) is 23.7 Å². The zero-order valence-electron chi connectivity index (χ0n) is 16.6. The fourth-order valence-electron chi connectivity index (χ4n) is 5.38. The van der Waals surface area contributed by atoms with Gasteiger partial charge in [-0.25, -0.2) is 0 Å². The van der Waals surface area contributed by atoms with Crippen molar-refractivity contribution in [3.63, 3.8) is 0 Å². The standard InChI is InChI=1S/C23H29NO4/c1-2-3-4-5-6-7-19(25)28-18-12-10-17(11-13-18)24-22(26)20-15-8-9-16(14-15)21(20)23(24)27/h10-13,15-16,20-21H,2-9,14H2,1H3/t15-,16+,20-,21+. The molecule has 5 heteroatoms. The SMILES string of the molecule is CCCCCCCC(=O)Oc1ccc(N2C(=O)[C@@H]3[C@@H]4CC[C@@H](C4)[C@@H]3C2=O)cc1. The molecule has 2 saturated carbocycles. The molecule has 28 heavy (non-hydrogen) atoms. The molecule has 0 spiro atoms. The van der Waals surface area contributed by atoms with Gasteiger partial charge in [-0.3, -0.25) is 19.3 Å². The van der Waals surface area contributed by atoms with Crippen LogP contribution in [-0.4, -0.2) is 17.8 Å². The molecule has 4 atom stereocenters. The monoisotopic (exact) mass is 383 g/mol. The molecular weight excluding hydrogens is 354 g/mol. The molecule has 2 amide bonds. The van der Waals surface area contributed by atoms with Crippen molar-refractivity contribution in [2.45, 2.75) is 64.7 Å². The predicted octanol–water partition coefficient (Wildman–Crippen LogP) is 4.49. The molecule has 0 aromatic heterocycles. The van der Waals surface area contributed by atoms with Crippen molar-refractivity contribution in [3.8, 4) is 5.75 Å². The van der Waals surface area contributed by atoms with E-state index < -0.39 is 0 Å². The Bertz CT molecular complexity index is 728. The highest BCUT2D eigenvalue weighted by atomic mass is 16.5. The van der Waals surface area contributed by atoms with E-state index in [0.29, 0.717) is 29.7 Å². The van der Waals surface area contributed by atoms with Crippen LogP contribution in [0.1, 0.15) is 64.7 Å². The zero-order valence-corrected chi connectivity index (χ0v) is 16.6. The third-order valence-corrected chi connectivity index (χ3v) is 6.74. The van der Waals surface area contributed by atoms with Crippen molar-refractivity contribution in [1.29, 1.82) is 0 Å². The second kappa shape index (κ2) is 8.06. The molecule has 4 rings (SSSR count). The topological polar surface area (TPSA) is 63.7 Å². The van der Waals surface area contributed by atoms with Gasteiger partial charge in [0.05, 0.1) is 17.5 Å². The fraction of sp³-hybridized carbons (Fsp3) is 0.609. The summed E-state index contributed by atoms with van der Waals surface area (Å²) >= 11 is 0. The second-order valence-electron chi connectivity index (χ2n) is 8.53. The lowest BCUT2D eigenvalue weighted by Crippen LogP contribution is -2.32. The van der Waals surface area contributed by atoms with Crippen molar-refractivity contribution in [1.82, 2.24) is 0 Å². The van der Waals surface area contributed by atoms with E-state index in [4.69, 9.17) is 4.74 Å². The van der Waals surface area contributed by atoms with Gasteiger partial charge in [-0.05, 0) is 61.8 Å². The highest BCUT2D eigenvalue weighted by Crippen LogP contribution is 2.56.